The number of thioether (sulfide) groups is 1. The third-order valence-corrected chi connectivity index (χ3v) is 7.33. The maximum Gasteiger partial charge on any atom is 0.211 e. The summed E-state index contributed by atoms with van der Waals surface area (Å²) in [6.45, 7) is 7.61. The number of rotatable bonds is 7. The number of aromatic nitrogens is 3. The molecule has 3 rings (SSSR count). The van der Waals surface area contributed by atoms with Crippen LogP contribution >= 0.6 is 11.8 Å². The number of piperidine rings is 1. The molecule has 3 heterocycles. The van der Waals surface area contributed by atoms with Crippen LogP contribution in [0.5, 0.6) is 0 Å². The summed E-state index contributed by atoms with van der Waals surface area (Å²) < 4.78 is 27.5. The van der Waals surface area contributed by atoms with Gasteiger partial charge in [0.1, 0.15) is 5.82 Å². The molecule has 2 fully saturated rings. The molecule has 0 amide bonds. The van der Waals surface area contributed by atoms with Crippen molar-refractivity contribution in [1.29, 1.82) is 0 Å². The summed E-state index contributed by atoms with van der Waals surface area (Å²) >= 11 is 1.77. The van der Waals surface area contributed by atoms with Crippen LogP contribution in [0.3, 0.4) is 0 Å². The van der Waals surface area contributed by atoms with Crippen LogP contribution in [0.15, 0.2) is 5.16 Å². The lowest BCUT2D eigenvalue weighted by molar-refractivity contribution is 0.305. The van der Waals surface area contributed by atoms with E-state index in [1.165, 1.54) is 32.2 Å². The van der Waals surface area contributed by atoms with Gasteiger partial charge in [-0.3, -0.25) is 0 Å². The maximum absolute atomic E-state index is 11.9. The highest BCUT2D eigenvalue weighted by atomic mass is 32.2. The van der Waals surface area contributed by atoms with E-state index in [1.807, 2.05) is 0 Å². The van der Waals surface area contributed by atoms with Crippen molar-refractivity contribution in [3.8, 4) is 0 Å². The zero-order chi connectivity index (χ0) is 17.9. The molecule has 7 nitrogen and oxygen atoms in total. The zero-order valence-electron chi connectivity index (χ0n) is 15.2. The summed E-state index contributed by atoms with van der Waals surface area (Å²) in [5.74, 6) is 2.11. The van der Waals surface area contributed by atoms with Crippen LogP contribution in [-0.4, -0.2) is 77.1 Å². The SMILES string of the molecule is CCn1c(SCCN2CCCC2)nnc1[C@@H]1CCCN(S(C)(=O)=O)C1. The largest absolute Gasteiger partial charge is 0.306 e. The van der Waals surface area contributed by atoms with Crippen molar-refractivity contribution in [3.05, 3.63) is 5.82 Å². The molecule has 0 saturated carbocycles. The smallest absolute Gasteiger partial charge is 0.211 e. The van der Waals surface area contributed by atoms with Gasteiger partial charge in [-0.15, -0.1) is 10.2 Å². The summed E-state index contributed by atoms with van der Waals surface area (Å²) in [5, 5.41) is 9.80. The lowest BCUT2D eigenvalue weighted by Crippen LogP contribution is -2.39. The molecule has 0 bridgehead atoms. The molecule has 2 saturated heterocycles. The first-order valence-electron chi connectivity index (χ1n) is 9.22. The quantitative estimate of drug-likeness (QED) is 0.662. The first-order valence-corrected chi connectivity index (χ1v) is 12.1. The summed E-state index contributed by atoms with van der Waals surface area (Å²) in [5.41, 5.74) is 0. The van der Waals surface area contributed by atoms with Crippen molar-refractivity contribution in [3.63, 3.8) is 0 Å². The fourth-order valence-corrected chi connectivity index (χ4v) is 5.65. The summed E-state index contributed by atoms with van der Waals surface area (Å²) in [6.07, 6.45) is 5.78. The Kier molecular flexibility index (Phi) is 6.40. The van der Waals surface area contributed by atoms with Crippen LogP contribution in [0.2, 0.25) is 0 Å². The molecule has 142 valence electrons. The number of hydrogen-bond donors (Lipinski definition) is 0. The van der Waals surface area contributed by atoms with Gasteiger partial charge in [-0.05, 0) is 45.7 Å². The second-order valence-electron chi connectivity index (χ2n) is 6.94. The fraction of sp³-hybridized carbons (Fsp3) is 0.875. The van der Waals surface area contributed by atoms with Gasteiger partial charge in [0, 0.05) is 37.8 Å². The molecule has 2 aliphatic heterocycles. The molecule has 1 aromatic heterocycles. The van der Waals surface area contributed by atoms with Gasteiger partial charge >= 0.3 is 0 Å². The third-order valence-electron chi connectivity index (χ3n) is 5.12. The third kappa shape index (κ3) is 4.75. The van der Waals surface area contributed by atoms with Gasteiger partial charge in [0.25, 0.3) is 0 Å². The molecule has 9 heteroatoms. The fourth-order valence-electron chi connectivity index (χ4n) is 3.73. The Morgan fingerprint density at radius 2 is 1.92 bits per heavy atom. The Hall–Kier alpha value is -0.640. The van der Waals surface area contributed by atoms with E-state index in [9.17, 15) is 8.42 Å². The average Bonchev–Trinajstić information content (AvgIpc) is 3.23. The molecule has 0 aliphatic carbocycles. The summed E-state index contributed by atoms with van der Waals surface area (Å²) in [4.78, 5) is 2.51. The van der Waals surface area contributed by atoms with E-state index in [-0.39, 0.29) is 5.92 Å². The topological polar surface area (TPSA) is 71.3 Å². The number of sulfonamides is 1. The van der Waals surface area contributed by atoms with Crippen LogP contribution in [0.4, 0.5) is 0 Å². The van der Waals surface area contributed by atoms with Gasteiger partial charge in [-0.1, -0.05) is 11.8 Å². The number of likely N-dealkylation sites (tertiary alicyclic amines) is 1. The minimum atomic E-state index is -3.14. The van der Waals surface area contributed by atoms with Crippen molar-refractivity contribution in [1.82, 2.24) is 24.0 Å². The van der Waals surface area contributed by atoms with E-state index < -0.39 is 10.0 Å². The first kappa shape index (κ1) is 19.1. The second kappa shape index (κ2) is 8.37. The highest BCUT2D eigenvalue weighted by molar-refractivity contribution is 7.99. The van der Waals surface area contributed by atoms with E-state index in [4.69, 9.17) is 0 Å². The van der Waals surface area contributed by atoms with Crippen LogP contribution in [0.1, 0.15) is 44.3 Å². The molecule has 0 radical (unpaired) electrons. The van der Waals surface area contributed by atoms with Crippen molar-refractivity contribution in [2.24, 2.45) is 0 Å². The minimum absolute atomic E-state index is 0.142. The predicted molar refractivity (Wildman–Crippen MR) is 100 cm³/mol. The van der Waals surface area contributed by atoms with Gasteiger partial charge in [0.2, 0.25) is 10.0 Å². The number of hydrogen-bond acceptors (Lipinski definition) is 6. The monoisotopic (exact) mass is 387 g/mol. The van der Waals surface area contributed by atoms with Crippen LogP contribution in [0, 0.1) is 0 Å². The summed E-state index contributed by atoms with van der Waals surface area (Å²) in [7, 11) is -3.14. The standard InChI is InChI=1S/C16H29N5O2S2/c1-3-21-15(14-7-6-10-20(13-14)25(2,22)23)17-18-16(21)24-12-11-19-8-4-5-9-19/h14H,3-13H2,1-2H3/t14-/m1/s1. The Balaban J connectivity index is 1.64. The normalized spacial score (nSPS) is 23.4. The second-order valence-corrected chi connectivity index (χ2v) is 9.99. The Bertz CT molecular complexity index is 670. The van der Waals surface area contributed by atoms with Crippen LogP contribution in [0.25, 0.3) is 0 Å². The van der Waals surface area contributed by atoms with Crippen LogP contribution < -0.4 is 0 Å². The Morgan fingerprint density at radius 3 is 2.60 bits per heavy atom. The lowest BCUT2D eigenvalue weighted by Gasteiger charge is -2.30. The molecular formula is C16H29N5O2S2. The predicted octanol–water partition coefficient (Wildman–Crippen LogP) is 1.62. The van der Waals surface area contributed by atoms with Crippen molar-refractivity contribution in [2.75, 3.05) is 44.7 Å². The molecular weight excluding hydrogens is 358 g/mol. The molecule has 25 heavy (non-hydrogen) atoms. The molecule has 0 spiro atoms. The molecule has 0 aromatic carbocycles. The van der Waals surface area contributed by atoms with Gasteiger partial charge < -0.3 is 9.47 Å². The van der Waals surface area contributed by atoms with Gasteiger partial charge in [-0.2, -0.15) is 0 Å². The lowest BCUT2D eigenvalue weighted by atomic mass is 9.99. The Labute approximate surface area is 155 Å². The van der Waals surface area contributed by atoms with Crippen LogP contribution in [-0.2, 0) is 16.6 Å². The molecule has 2 aliphatic rings. The molecule has 0 unspecified atom stereocenters. The van der Waals surface area contributed by atoms with Gasteiger partial charge in [0.15, 0.2) is 5.16 Å². The highest BCUT2D eigenvalue weighted by Crippen LogP contribution is 2.29. The average molecular weight is 388 g/mol. The maximum atomic E-state index is 11.9. The van der Waals surface area contributed by atoms with Crippen molar-refractivity contribution >= 4 is 21.8 Å². The van der Waals surface area contributed by atoms with Gasteiger partial charge in [0.05, 0.1) is 6.26 Å². The van der Waals surface area contributed by atoms with E-state index in [0.29, 0.717) is 13.1 Å². The van der Waals surface area contributed by atoms with E-state index in [1.54, 1.807) is 16.1 Å². The van der Waals surface area contributed by atoms with Crippen molar-refractivity contribution in [2.45, 2.75) is 50.2 Å². The van der Waals surface area contributed by atoms with Gasteiger partial charge in [-0.25, -0.2) is 12.7 Å². The molecule has 1 aromatic rings. The number of nitrogens with zero attached hydrogens (tertiary/aromatic N) is 5. The molecule has 0 N–H and O–H groups in total. The van der Waals surface area contributed by atoms with Crippen molar-refractivity contribution < 1.29 is 8.42 Å². The first-order chi connectivity index (χ1) is 12.0. The van der Waals surface area contributed by atoms with E-state index >= 15 is 0 Å². The Morgan fingerprint density at radius 1 is 1.16 bits per heavy atom. The van der Waals surface area contributed by atoms with E-state index in [2.05, 4.69) is 26.6 Å². The van der Waals surface area contributed by atoms with E-state index in [0.717, 1.165) is 42.7 Å². The zero-order valence-corrected chi connectivity index (χ0v) is 16.9. The highest BCUT2D eigenvalue weighted by Gasteiger charge is 2.30. The molecule has 1 atom stereocenters. The minimum Gasteiger partial charge on any atom is -0.306 e. The summed E-state index contributed by atoms with van der Waals surface area (Å²) in [6, 6.07) is 0.